The van der Waals surface area contributed by atoms with Gasteiger partial charge < -0.3 is 14.6 Å². The lowest BCUT2D eigenvalue weighted by molar-refractivity contribution is -0.891. The molecule has 1 fully saturated rings. The number of nitrogens with one attached hydrogen (secondary N) is 2. The van der Waals surface area contributed by atoms with Crippen molar-refractivity contribution < 1.29 is 26.9 Å². The van der Waals surface area contributed by atoms with Crippen LogP contribution in [0.1, 0.15) is 24.6 Å². The maximum absolute atomic E-state index is 14.0. The second-order valence-electron chi connectivity index (χ2n) is 7.09. The molecule has 2 aromatic rings. The third-order valence-corrected chi connectivity index (χ3v) is 6.94. The van der Waals surface area contributed by atoms with Crippen LogP contribution in [0.15, 0.2) is 52.0 Å². The maximum atomic E-state index is 14.0. The topological polar surface area (TPSA) is 84.1 Å². The van der Waals surface area contributed by atoms with Crippen molar-refractivity contribution in [2.45, 2.75) is 29.8 Å². The summed E-state index contributed by atoms with van der Waals surface area (Å²) in [5.74, 6) is -0.458. The Labute approximate surface area is 164 Å². The predicted molar refractivity (Wildman–Crippen MR) is 101 cm³/mol. The number of likely N-dealkylation sites (N-methyl/N-ethyl adjacent to an activating group) is 1. The van der Waals surface area contributed by atoms with E-state index in [1.807, 2.05) is 20.2 Å². The van der Waals surface area contributed by atoms with Crippen molar-refractivity contribution in [2.24, 2.45) is 0 Å². The molecule has 0 radical (unpaired) electrons. The Morgan fingerprint density at radius 2 is 2.07 bits per heavy atom. The number of amides is 1. The molecule has 0 saturated carbocycles. The average molecular weight is 410 g/mol. The average Bonchev–Trinajstić information content (AvgIpc) is 3.34. The van der Waals surface area contributed by atoms with Crippen LogP contribution in [0, 0.1) is 5.82 Å². The molecule has 0 unspecified atom stereocenters. The molecule has 152 valence electrons. The fourth-order valence-corrected chi connectivity index (χ4v) is 5.19. The van der Waals surface area contributed by atoms with Crippen LogP contribution < -0.4 is 10.2 Å². The minimum absolute atomic E-state index is 0.100. The Morgan fingerprint density at radius 1 is 1.32 bits per heavy atom. The second-order valence-corrected chi connectivity index (χ2v) is 8.95. The van der Waals surface area contributed by atoms with Crippen LogP contribution in [0.4, 0.5) is 4.39 Å². The molecule has 1 aromatic carbocycles. The standard InChI is InChI=1S/C19H24FN3O4S/c1-22(2)16(17-9-6-12-27-17)13-21-19(24)15-8-5-11-23(15)28(25,26)18-10-4-3-7-14(18)20/h3-4,6-7,9-10,12,15-16H,5,8,11,13H2,1-2H3,(H,21,24)/p+1/t15-,16+/m1/s1. The third-order valence-electron chi connectivity index (χ3n) is 4.99. The largest absolute Gasteiger partial charge is 0.463 e. The molecule has 1 aliphatic rings. The van der Waals surface area contributed by atoms with E-state index < -0.39 is 26.8 Å². The zero-order chi connectivity index (χ0) is 20.3. The number of rotatable bonds is 7. The molecule has 3 rings (SSSR count). The number of sulfonamides is 1. The zero-order valence-corrected chi connectivity index (χ0v) is 16.7. The zero-order valence-electron chi connectivity index (χ0n) is 15.9. The molecule has 2 N–H and O–H groups in total. The first-order valence-electron chi connectivity index (χ1n) is 9.20. The fourth-order valence-electron chi connectivity index (χ4n) is 3.47. The molecule has 28 heavy (non-hydrogen) atoms. The van der Waals surface area contributed by atoms with E-state index in [4.69, 9.17) is 4.42 Å². The van der Waals surface area contributed by atoms with Crippen LogP contribution in [0.2, 0.25) is 0 Å². The first-order valence-corrected chi connectivity index (χ1v) is 10.6. The van der Waals surface area contributed by atoms with Gasteiger partial charge in [-0.3, -0.25) is 4.79 Å². The molecule has 1 aliphatic heterocycles. The molecular formula is C19H25FN3O4S+. The van der Waals surface area contributed by atoms with Gasteiger partial charge in [0.1, 0.15) is 16.8 Å². The van der Waals surface area contributed by atoms with Gasteiger partial charge in [-0.2, -0.15) is 4.31 Å². The molecule has 0 bridgehead atoms. The summed E-state index contributed by atoms with van der Waals surface area (Å²) in [5, 5.41) is 2.84. The van der Waals surface area contributed by atoms with E-state index in [0.29, 0.717) is 19.4 Å². The van der Waals surface area contributed by atoms with Crippen LogP contribution in [-0.2, 0) is 14.8 Å². The van der Waals surface area contributed by atoms with E-state index in [1.165, 1.54) is 18.2 Å². The number of halogens is 1. The lowest BCUT2D eigenvalue weighted by Crippen LogP contribution is -3.07. The summed E-state index contributed by atoms with van der Waals surface area (Å²) in [6.07, 6.45) is 2.53. The number of carbonyl (C=O) groups excluding carboxylic acids is 1. The van der Waals surface area contributed by atoms with E-state index in [9.17, 15) is 17.6 Å². The molecule has 7 nitrogen and oxygen atoms in total. The Bertz CT molecular complexity index is 915. The van der Waals surface area contributed by atoms with Gasteiger partial charge in [0.15, 0.2) is 11.8 Å². The minimum Gasteiger partial charge on any atom is -0.463 e. The number of hydrogen-bond donors (Lipinski definition) is 2. The summed E-state index contributed by atoms with van der Waals surface area (Å²) in [5.41, 5.74) is 0. The van der Waals surface area contributed by atoms with Crippen molar-refractivity contribution in [1.29, 1.82) is 0 Å². The van der Waals surface area contributed by atoms with Crippen LogP contribution in [0.5, 0.6) is 0 Å². The highest BCUT2D eigenvalue weighted by Gasteiger charge is 2.40. The number of hydrogen-bond acceptors (Lipinski definition) is 4. The molecule has 2 heterocycles. The van der Waals surface area contributed by atoms with Crippen LogP contribution in [0.3, 0.4) is 0 Å². The molecule has 0 spiro atoms. The first-order chi connectivity index (χ1) is 13.3. The highest BCUT2D eigenvalue weighted by atomic mass is 32.2. The molecule has 9 heteroatoms. The predicted octanol–water partition coefficient (Wildman–Crippen LogP) is 0.574. The van der Waals surface area contributed by atoms with Crippen LogP contribution >= 0.6 is 0 Å². The number of quaternary nitrogens is 1. The first kappa shape index (κ1) is 20.5. The van der Waals surface area contributed by atoms with Crippen LogP contribution in [-0.4, -0.2) is 51.9 Å². The number of furan rings is 1. The monoisotopic (exact) mass is 410 g/mol. The number of nitrogens with zero attached hydrogens (tertiary/aromatic N) is 1. The van der Waals surface area contributed by atoms with Gasteiger partial charge in [-0.1, -0.05) is 12.1 Å². The van der Waals surface area contributed by atoms with Crippen LogP contribution in [0.25, 0.3) is 0 Å². The molecule has 1 aromatic heterocycles. The van der Waals surface area contributed by atoms with Crippen molar-refractivity contribution in [3.63, 3.8) is 0 Å². The highest BCUT2D eigenvalue weighted by molar-refractivity contribution is 7.89. The van der Waals surface area contributed by atoms with Crippen molar-refractivity contribution in [3.05, 3.63) is 54.2 Å². The van der Waals surface area contributed by atoms with E-state index in [2.05, 4.69) is 5.32 Å². The van der Waals surface area contributed by atoms with Crippen molar-refractivity contribution in [2.75, 3.05) is 27.2 Å². The fraction of sp³-hybridized carbons (Fsp3) is 0.421. The second kappa shape index (κ2) is 8.42. The normalized spacial score (nSPS) is 19.1. The van der Waals surface area contributed by atoms with Gasteiger partial charge in [-0.15, -0.1) is 0 Å². The smallest absolute Gasteiger partial charge is 0.246 e. The lowest BCUT2D eigenvalue weighted by atomic mass is 10.2. The van der Waals surface area contributed by atoms with E-state index >= 15 is 0 Å². The molecule has 1 saturated heterocycles. The van der Waals surface area contributed by atoms with Crippen molar-refractivity contribution in [1.82, 2.24) is 9.62 Å². The van der Waals surface area contributed by atoms with Gasteiger partial charge >= 0.3 is 0 Å². The maximum Gasteiger partial charge on any atom is 0.246 e. The Hall–Kier alpha value is -2.23. The Kier molecular flexibility index (Phi) is 6.17. The SMILES string of the molecule is C[NH+](C)[C@@H](CNC(=O)[C@H]1CCCN1S(=O)(=O)c1ccccc1F)c1ccco1. The van der Waals surface area contributed by atoms with E-state index in [0.717, 1.165) is 21.0 Å². The summed E-state index contributed by atoms with van der Waals surface area (Å²) in [4.78, 5) is 13.4. The third kappa shape index (κ3) is 4.11. The van der Waals surface area contributed by atoms with E-state index in [-0.39, 0.29) is 18.5 Å². The summed E-state index contributed by atoms with van der Waals surface area (Å²) in [6, 6.07) is 7.90. The molecule has 2 atom stereocenters. The molecule has 0 aliphatic carbocycles. The van der Waals surface area contributed by atoms with Crippen molar-refractivity contribution >= 4 is 15.9 Å². The van der Waals surface area contributed by atoms with Gasteiger partial charge in [0.25, 0.3) is 0 Å². The summed E-state index contributed by atoms with van der Waals surface area (Å²) >= 11 is 0. The molecule has 1 amide bonds. The number of carbonyl (C=O) groups is 1. The van der Waals surface area contributed by atoms with Gasteiger partial charge in [0.2, 0.25) is 15.9 Å². The van der Waals surface area contributed by atoms with Gasteiger partial charge in [0.05, 0.1) is 26.9 Å². The van der Waals surface area contributed by atoms with E-state index in [1.54, 1.807) is 12.3 Å². The minimum atomic E-state index is -4.09. The van der Waals surface area contributed by atoms with Gasteiger partial charge in [-0.05, 0) is 37.1 Å². The summed E-state index contributed by atoms with van der Waals surface area (Å²) in [7, 11) is -0.191. The Balaban J connectivity index is 1.74. The van der Waals surface area contributed by atoms with Crippen molar-refractivity contribution in [3.8, 4) is 0 Å². The highest BCUT2D eigenvalue weighted by Crippen LogP contribution is 2.27. The summed E-state index contributed by atoms with van der Waals surface area (Å²) < 4.78 is 46.4. The summed E-state index contributed by atoms with van der Waals surface area (Å²) in [6.45, 7) is 0.494. The Morgan fingerprint density at radius 3 is 2.71 bits per heavy atom. The lowest BCUT2D eigenvalue weighted by Gasteiger charge is -2.25. The number of benzene rings is 1. The molecular weight excluding hydrogens is 385 g/mol. The van der Waals surface area contributed by atoms with Gasteiger partial charge in [0, 0.05) is 6.54 Å². The van der Waals surface area contributed by atoms with Gasteiger partial charge in [-0.25, -0.2) is 12.8 Å². The quantitative estimate of drug-likeness (QED) is 0.699.